The molecule has 0 saturated carbocycles. The van der Waals surface area contributed by atoms with Crippen LogP contribution in [0.5, 0.6) is 0 Å². The molecule has 0 aliphatic carbocycles. The number of rotatable bonds is 13. The minimum atomic E-state index is -1.67. The van der Waals surface area contributed by atoms with Crippen LogP contribution < -0.4 is 5.32 Å². The summed E-state index contributed by atoms with van der Waals surface area (Å²) in [7, 11) is -1.53. The molecule has 0 amide bonds. The molecule has 2 aromatic carbocycles. The number of morpholine rings is 1. The average Bonchev–Trinajstić information content (AvgIpc) is 3.03. The Morgan fingerprint density at radius 1 is 0.979 bits per heavy atom. The molecule has 2 fully saturated rings. The van der Waals surface area contributed by atoms with Crippen molar-refractivity contribution in [1.29, 1.82) is 0 Å². The van der Waals surface area contributed by atoms with Crippen LogP contribution in [0.25, 0.3) is 0 Å². The summed E-state index contributed by atoms with van der Waals surface area (Å²) < 4.78 is 18.4. The lowest BCUT2D eigenvalue weighted by atomic mass is 9.68. The number of esters is 2. The summed E-state index contributed by atoms with van der Waals surface area (Å²) in [6.45, 7) is 15.8. The van der Waals surface area contributed by atoms with Crippen molar-refractivity contribution in [2.75, 3.05) is 19.7 Å². The third-order valence-electron chi connectivity index (χ3n) is 9.23. The van der Waals surface area contributed by atoms with Crippen LogP contribution in [0.15, 0.2) is 60.7 Å². The van der Waals surface area contributed by atoms with E-state index in [9.17, 15) is 9.59 Å². The fourth-order valence-electron chi connectivity index (χ4n) is 6.86. The van der Waals surface area contributed by atoms with E-state index in [1.165, 1.54) is 5.06 Å². The van der Waals surface area contributed by atoms with E-state index in [2.05, 4.69) is 31.9 Å². The zero-order valence-electron chi connectivity index (χ0n) is 30.0. The van der Waals surface area contributed by atoms with E-state index < -0.39 is 55.4 Å². The Hall–Kier alpha value is -3.21. The third kappa shape index (κ3) is 9.48. The molecule has 0 radical (unpaired) electrons. The van der Waals surface area contributed by atoms with Crippen molar-refractivity contribution in [3.8, 4) is 0 Å². The van der Waals surface area contributed by atoms with Gasteiger partial charge in [-0.1, -0.05) is 106 Å². The fourth-order valence-corrected chi connectivity index (χ4v) is 7.58. The summed E-state index contributed by atoms with van der Waals surface area (Å²) in [4.78, 5) is 49.8. The number of piperidine rings is 1. The van der Waals surface area contributed by atoms with Gasteiger partial charge in [-0.05, 0) is 76.2 Å². The van der Waals surface area contributed by atoms with Crippen LogP contribution >= 0.6 is 0 Å². The molecule has 0 bridgehead atoms. The number of cyclic esters (lactones) is 1. The van der Waals surface area contributed by atoms with Crippen molar-refractivity contribution in [1.82, 2.24) is 10.4 Å². The Morgan fingerprint density at radius 2 is 1.58 bits per heavy atom. The molecule has 0 spiro atoms. The van der Waals surface area contributed by atoms with Crippen LogP contribution in [-0.2, 0) is 28.6 Å². The van der Waals surface area contributed by atoms with Crippen molar-refractivity contribution in [2.24, 2.45) is 11.8 Å². The molecule has 1 unspecified atom stereocenters. The first-order valence-electron chi connectivity index (χ1n) is 17.7. The van der Waals surface area contributed by atoms with Gasteiger partial charge in [0, 0.05) is 8.07 Å². The highest BCUT2D eigenvalue weighted by atomic mass is 28.3. The van der Waals surface area contributed by atoms with E-state index in [0.29, 0.717) is 32.4 Å². The topological polar surface area (TPSA) is 103 Å². The van der Waals surface area contributed by atoms with Crippen LogP contribution in [0.1, 0.15) is 89.5 Å². The van der Waals surface area contributed by atoms with Crippen LogP contribution in [0, 0.1) is 11.8 Å². The Kier molecular flexibility index (Phi) is 12.9. The van der Waals surface area contributed by atoms with Gasteiger partial charge in [-0.25, -0.2) is 9.59 Å². The molecular weight excluding hydrogens is 625 g/mol. The molecule has 9 nitrogen and oxygen atoms in total. The number of hydrogen-bond acceptors (Lipinski definition) is 9. The van der Waals surface area contributed by atoms with Crippen LogP contribution in [-0.4, -0.2) is 62.1 Å². The summed E-state index contributed by atoms with van der Waals surface area (Å²) in [6.07, 6.45) is 2.11. The van der Waals surface area contributed by atoms with E-state index in [1.807, 2.05) is 60.7 Å². The van der Waals surface area contributed by atoms with Crippen LogP contribution in [0.4, 0.5) is 4.79 Å². The zero-order chi connectivity index (χ0) is 35.0. The third-order valence-corrected chi connectivity index (χ3v) is 10.9. The van der Waals surface area contributed by atoms with E-state index in [-0.39, 0.29) is 18.9 Å². The van der Waals surface area contributed by atoms with Gasteiger partial charge in [-0.2, -0.15) is 0 Å². The van der Waals surface area contributed by atoms with Gasteiger partial charge in [0.15, 0.2) is 5.54 Å². The van der Waals surface area contributed by atoms with E-state index in [0.717, 1.165) is 30.0 Å². The maximum absolute atomic E-state index is 15.1. The average molecular weight is 681 g/mol. The molecule has 2 saturated heterocycles. The molecule has 10 heteroatoms. The highest BCUT2D eigenvalue weighted by Crippen LogP contribution is 2.52. The highest BCUT2D eigenvalue weighted by Gasteiger charge is 2.65. The first kappa shape index (κ1) is 37.6. The summed E-state index contributed by atoms with van der Waals surface area (Å²) in [5, 5.41) is 4.90. The predicted octanol–water partition coefficient (Wildman–Crippen LogP) is 8.01. The summed E-state index contributed by atoms with van der Waals surface area (Å²) in [6, 6.07) is 19.1. The number of ether oxygens (including phenoxy) is 3. The van der Waals surface area contributed by atoms with Crippen molar-refractivity contribution in [3.63, 3.8) is 0 Å². The fraction of sp³-hybridized carbons (Fsp3) is 0.605. The SMILES string of the molecule is CCCCC[C@]1(C(C(=O)OCC[Si](C)(C)C)C2CCNCC2)C(=O)O[C@H](c2ccccc2)[C@H](c2ccccc2)N1OC(=O)OC(C)(C)C. The lowest BCUT2D eigenvalue weighted by molar-refractivity contribution is -0.291. The monoisotopic (exact) mass is 680 g/mol. The molecule has 2 aliphatic heterocycles. The molecule has 2 aliphatic rings. The number of carbonyl (C=O) groups excluding carboxylic acids is 3. The number of nitrogens with zero attached hydrogens (tertiary/aromatic N) is 1. The number of unbranched alkanes of at least 4 members (excludes halogenated alkanes) is 2. The second-order valence-electron chi connectivity index (χ2n) is 15.4. The molecule has 48 heavy (non-hydrogen) atoms. The molecule has 264 valence electrons. The lowest BCUT2D eigenvalue weighted by Crippen LogP contribution is -2.68. The predicted molar refractivity (Wildman–Crippen MR) is 189 cm³/mol. The molecular formula is C38H56N2O7Si. The molecule has 4 atom stereocenters. The number of hydrogen-bond donors (Lipinski definition) is 1. The normalized spacial score (nSPS) is 23.2. The second kappa shape index (κ2) is 16.5. The van der Waals surface area contributed by atoms with E-state index in [4.69, 9.17) is 19.0 Å². The van der Waals surface area contributed by atoms with E-state index >= 15 is 4.79 Å². The first-order chi connectivity index (χ1) is 22.8. The molecule has 4 rings (SSSR count). The Bertz CT molecular complexity index is 1340. The van der Waals surface area contributed by atoms with Crippen molar-refractivity contribution in [3.05, 3.63) is 71.8 Å². The maximum Gasteiger partial charge on any atom is 0.528 e. The summed E-state index contributed by atoms with van der Waals surface area (Å²) in [5.41, 5.74) is -1.01. The van der Waals surface area contributed by atoms with Gasteiger partial charge in [0.2, 0.25) is 0 Å². The van der Waals surface area contributed by atoms with Gasteiger partial charge in [0.1, 0.15) is 17.7 Å². The minimum absolute atomic E-state index is 0.214. The minimum Gasteiger partial charge on any atom is -0.466 e. The van der Waals surface area contributed by atoms with E-state index in [1.54, 1.807) is 20.8 Å². The van der Waals surface area contributed by atoms with Gasteiger partial charge >= 0.3 is 18.1 Å². The van der Waals surface area contributed by atoms with Crippen molar-refractivity contribution >= 4 is 26.2 Å². The molecule has 0 aromatic heterocycles. The van der Waals surface area contributed by atoms with Crippen LogP contribution in [0.2, 0.25) is 25.7 Å². The number of carbonyl (C=O) groups is 3. The van der Waals surface area contributed by atoms with Crippen molar-refractivity contribution in [2.45, 2.75) is 115 Å². The van der Waals surface area contributed by atoms with Gasteiger partial charge in [0.25, 0.3) is 0 Å². The molecule has 1 N–H and O–H groups in total. The highest BCUT2D eigenvalue weighted by molar-refractivity contribution is 6.76. The Balaban J connectivity index is 1.96. The Labute approximate surface area is 288 Å². The lowest BCUT2D eigenvalue weighted by Gasteiger charge is -2.54. The van der Waals surface area contributed by atoms with Gasteiger partial charge in [0.05, 0.1) is 12.5 Å². The molecule has 2 heterocycles. The zero-order valence-corrected chi connectivity index (χ0v) is 31.0. The number of hydroxylamine groups is 2. The Morgan fingerprint density at radius 3 is 2.15 bits per heavy atom. The maximum atomic E-state index is 15.1. The summed E-state index contributed by atoms with van der Waals surface area (Å²) in [5.74, 6) is -2.20. The van der Waals surface area contributed by atoms with Crippen LogP contribution in [0.3, 0.4) is 0 Å². The molecule has 2 aromatic rings. The first-order valence-corrected chi connectivity index (χ1v) is 21.4. The second-order valence-corrected chi connectivity index (χ2v) is 21.0. The van der Waals surface area contributed by atoms with Gasteiger partial charge in [-0.3, -0.25) is 4.79 Å². The quantitative estimate of drug-likeness (QED) is 0.0975. The van der Waals surface area contributed by atoms with Gasteiger partial charge < -0.3 is 24.4 Å². The summed E-state index contributed by atoms with van der Waals surface area (Å²) >= 11 is 0. The van der Waals surface area contributed by atoms with Gasteiger partial charge in [-0.15, -0.1) is 5.06 Å². The number of nitrogens with one attached hydrogen (secondary N) is 1. The number of benzene rings is 2. The van der Waals surface area contributed by atoms with Crippen molar-refractivity contribution < 1.29 is 33.4 Å². The largest absolute Gasteiger partial charge is 0.528 e. The smallest absolute Gasteiger partial charge is 0.466 e. The standard InChI is InChI=1S/C38H56N2O7Si/c1-8-9-16-23-38(31(28-21-24-39-25-22-28)34(41)44-26-27-48(5,6)7)35(42)45-33(30-19-14-11-15-20-30)32(29-17-12-10-13-18-29)40(38)47-36(43)46-37(2,3)4/h10-15,17-20,28,31-33,39H,8-9,16,21-27H2,1-7H3/t31?,32-,33+,38-/m0/s1.